The molecule has 1 rings (SSSR count). The summed E-state index contributed by atoms with van der Waals surface area (Å²) < 4.78 is 0. The van der Waals surface area contributed by atoms with Gasteiger partial charge in [-0.2, -0.15) is 0 Å². The number of hydrogen-bond donors (Lipinski definition) is 4. The number of hydrogen-bond acceptors (Lipinski definition) is 3. The molecule has 0 aliphatic heterocycles. The lowest BCUT2D eigenvalue weighted by molar-refractivity contribution is -0.123. The molecule has 0 saturated heterocycles. The zero-order chi connectivity index (χ0) is 14.4. The maximum Gasteiger partial charge on any atom is 0.316 e. The second-order valence-electron chi connectivity index (χ2n) is 4.36. The van der Waals surface area contributed by atoms with E-state index in [-0.39, 0.29) is 11.9 Å². The highest BCUT2D eigenvalue weighted by atomic mass is 16.2. The SMILES string of the molecule is CC[C@H](N)C(=O)NC(C)c1ccc(NC(N)=O)cc1. The number of rotatable bonds is 5. The van der Waals surface area contributed by atoms with Gasteiger partial charge in [-0.25, -0.2) is 4.79 Å². The molecule has 0 fully saturated rings. The average Bonchev–Trinajstić information content (AvgIpc) is 2.37. The van der Waals surface area contributed by atoms with Gasteiger partial charge >= 0.3 is 6.03 Å². The first kappa shape index (κ1) is 15.0. The second kappa shape index (κ2) is 6.75. The fraction of sp³-hybridized carbons (Fsp3) is 0.385. The monoisotopic (exact) mass is 264 g/mol. The Morgan fingerprint density at radius 2 is 1.84 bits per heavy atom. The summed E-state index contributed by atoms with van der Waals surface area (Å²) in [4.78, 5) is 22.3. The van der Waals surface area contributed by atoms with Gasteiger partial charge in [0.25, 0.3) is 0 Å². The molecule has 19 heavy (non-hydrogen) atoms. The first-order chi connectivity index (χ1) is 8.93. The summed E-state index contributed by atoms with van der Waals surface area (Å²) in [6, 6.07) is 5.83. The molecular weight excluding hydrogens is 244 g/mol. The largest absolute Gasteiger partial charge is 0.351 e. The Bertz CT molecular complexity index is 444. The quantitative estimate of drug-likeness (QED) is 0.639. The predicted octanol–water partition coefficient (Wildman–Crippen LogP) is 1.09. The van der Waals surface area contributed by atoms with Crippen molar-refractivity contribution in [3.8, 4) is 0 Å². The molecule has 104 valence electrons. The number of amides is 3. The van der Waals surface area contributed by atoms with Gasteiger partial charge in [0, 0.05) is 5.69 Å². The summed E-state index contributed by atoms with van der Waals surface area (Å²) in [5.41, 5.74) is 12.2. The van der Waals surface area contributed by atoms with Crippen LogP contribution in [0.2, 0.25) is 0 Å². The number of urea groups is 1. The van der Waals surface area contributed by atoms with Crippen molar-refractivity contribution in [2.75, 3.05) is 5.32 Å². The van der Waals surface area contributed by atoms with Gasteiger partial charge in [-0.1, -0.05) is 19.1 Å². The third-order valence-electron chi connectivity index (χ3n) is 2.81. The lowest BCUT2D eigenvalue weighted by Gasteiger charge is -2.17. The van der Waals surface area contributed by atoms with Crippen LogP contribution in [0.5, 0.6) is 0 Å². The van der Waals surface area contributed by atoms with Crippen molar-refractivity contribution in [1.29, 1.82) is 0 Å². The van der Waals surface area contributed by atoms with Crippen LogP contribution < -0.4 is 22.1 Å². The number of nitrogens with two attached hydrogens (primary N) is 2. The van der Waals surface area contributed by atoms with E-state index in [1.807, 2.05) is 26.0 Å². The van der Waals surface area contributed by atoms with Gasteiger partial charge in [0.15, 0.2) is 0 Å². The van der Waals surface area contributed by atoms with Crippen LogP contribution in [-0.2, 0) is 4.79 Å². The van der Waals surface area contributed by atoms with Crippen molar-refractivity contribution < 1.29 is 9.59 Å². The van der Waals surface area contributed by atoms with Crippen molar-refractivity contribution in [2.24, 2.45) is 11.5 Å². The minimum atomic E-state index is -0.608. The van der Waals surface area contributed by atoms with E-state index in [9.17, 15) is 9.59 Å². The van der Waals surface area contributed by atoms with Gasteiger partial charge < -0.3 is 22.1 Å². The van der Waals surface area contributed by atoms with Crippen molar-refractivity contribution in [3.05, 3.63) is 29.8 Å². The van der Waals surface area contributed by atoms with Gasteiger partial charge in [0.2, 0.25) is 5.91 Å². The van der Waals surface area contributed by atoms with Crippen LogP contribution in [0.15, 0.2) is 24.3 Å². The molecule has 3 amide bonds. The minimum Gasteiger partial charge on any atom is -0.351 e. The van der Waals surface area contributed by atoms with E-state index in [1.165, 1.54) is 0 Å². The van der Waals surface area contributed by atoms with E-state index >= 15 is 0 Å². The Labute approximate surface area is 112 Å². The van der Waals surface area contributed by atoms with Crippen LogP contribution in [0.1, 0.15) is 31.9 Å². The Kier molecular flexibility index (Phi) is 5.32. The molecule has 6 N–H and O–H groups in total. The molecule has 2 atom stereocenters. The van der Waals surface area contributed by atoms with Gasteiger partial charge in [-0.05, 0) is 31.0 Å². The molecule has 1 aromatic rings. The van der Waals surface area contributed by atoms with E-state index in [1.54, 1.807) is 12.1 Å². The second-order valence-corrected chi connectivity index (χ2v) is 4.36. The summed E-state index contributed by atoms with van der Waals surface area (Å²) in [7, 11) is 0. The fourth-order valence-corrected chi connectivity index (χ4v) is 1.59. The van der Waals surface area contributed by atoms with E-state index < -0.39 is 12.1 Å². The summed E-state index contributed by atoms with van der Waals surface area (Å²) in [6.07, 6.45) is 0.597. The van der Waals surface area contributed by atoms with Gasteiger partial charge in [-0.15, -0.1) is 0 Å². The third kappa shape index (κ3) is 4.59. The van der Waals surface area contributed by atoms with Crippen molar-refractivity contribution in [3.63, 3.8) is 0 Å². The molecule has 0 heterocycles. The summed E-state index contributed by atoms with van der Waals surface area (Å²) in [5.74, 6) is -0.172. The molecule has 1 unspecified atom stereocenters. The van der Waals surface area contributed by atoms with Crippen LogP contribution >= 0.6 is 0 Å². The van der Waals surface area contributed by atoms with E-state index in [0.717, 1.165) is 5.56 Å². The normalized spacial score (nSPS) is 13.4. The molecule has 0 aromatic heterocycles. The maximum atomic E-state index is 11.7. The molecule has 6 heteroatoms. The number of primary amides is 1. The summed E-state index contributed by atoms with van der Waals surface area (Å²) >= 11 is 0. The number of anilines is 1. The topological polar surface area (TPSA) is 110 Å². The molecule has 1 aromatic carbocycles. The Morgan fingerprint density at radius 1 is 1.26 bits per heavy atom. The maximum absolute atomic E-state index is 11.7. The molecule has 0 spiro atoms. The van der Waals surface area contributed by atoms with E-state index in [4.69, 9.17) is 11.5 Å². The number of benzene rings is 1. The molecule has 0 aliphatic rings. The number of carbonyl (C=O) groups excluding carboxylic acids is 2. The number of nitrogens with one attached hydrogen (secondary N) is 2. The first-order valence-electron chi connectivity index (χ1n) is 6.16. The van der Waals surface area contributed by atoms with Crippen molar-refractivity contribution >= 4 is 17.6 Å². The van der Waals surface area contributed by atoms with Crippen molar-refractivity contribution in [1.82, 2.24) is 5.32 Å². The average molecular weight is 264 g/mol. The van der Waals surface area contributed by atoms with Crippen molar-refractivity contribution in [2.45, 2.75) is 32.4 Å². The van der Waals surface area contributed by atoms with Gasteiger partial charge in [-0.3, -0.25) is 4.79 Å². The molecular formula is C13H20N4O2. The highest BCUT2D eigenvalue weighted by molar-refractivity contribution is 5.87. The van der Waals surface area contributed by atoms with Gasteiger partial charge in [0.1, 0.15) is 0 Å². The zero-order valence-corrected chi connectivity index (χ0v) is 11.1. The first-order valence-corrected chi connectivity index (χ1v) is 6.16. The van der Waals surface area contributed by atoms with Crippen LogP contribution in [-0.4, -0.2) is 18.0 Å². The lowest BCUT2D eigenvalue weighted by atomic mass is 10.1. The van der Waals surface area contributed by atoms with E-state index in [2.05, 4.69) is 10.6 Å². The van der Waals surface area contributed by atoms with E-state index in [0.29, 0.717) is 12.1 Å². The van der Waals surface area contributed by atoms with Crippen LogP contribution in [0, 0.1) is 0 Å². The Balaban J connectivity index is 2.65. The van der Waals surface area contributed by atoms with Crippen LogP contribution in [0.3, 0.4) is 0 Å². The van der Waals surface area contributed by atoms with Gasteiger partial charge in [0.05, 0.1) is 12.1 Å². The molecule has 0 radical (unpaired) electrons. The smallest absolute Gasteiger partial charge is 0.316 e. The lowest BCUT2D eigenvalue weighted by Crippen LogP contribution is -2.41. The molecule has 0 aliphatic carbocycles. The highest BCUT2D eigenvalue weighted by Crippen LogP contribution is 2.16. The summed E-state index contributed by atoms with van der Waals surface area (Å²) in [5, 5.41) is 5.30. The zero-order valence-electron chi connectivity index (χ0n) is 11.1. The third-order valence-corrected chi connectivity index (χ3v) is 2.81. The Morgan fingerprint density at radius 3 is 2.32 bits per heavy atom. The number of carbonyl (C=O) groups is 2. The fourth-order valence-electron chi connectivity index (χ4n) is 1.59. The molecule has 0 saturated carbocycles. The Hall–Kier alpha value is -2.08. The van der Waals surface area contributed by atoms with Crippen LogP contribution in [0.4, 0.5) is 10.5 Å². The standard InChI is InChI=1S/C13H20N4O2/c1-3-11(14)12(18)16-8(2)9-4-6-10(7-5-9)17-13(15)19/h4-8,11H,3,14H2,1-2H3,(H,16,18)(H3,15,17,19)/t8?,11-/m0/s1. The van der Waals surface area contributed by atoms with Crippen LogP contribution in [0.25, 0.3) is 0 Å². The molecule has 0 bridgehead atoms. The molecule has 6 nitrogen and oxygen atoms in total. The summed E-state index contributed by atoms with van der Waals surface area (Å²) in [6.45, 7) is 3.73. The predicted molar refractivity (Wildman–Crippen MR) is 74.5 cm³/mol. The minimum absolute atomic E-state index is 0.146. The highest BCUT2D eigenvalue weighted by Gasteiger charge is 2.14.